The minimum Gasteiger partial charge on any atom is -0.463 e. The summed E-state index contributed by atoms with van der Waals surface area (Å²) in [7, 11) is 3.21. The number of methoxy groups -OCH3 is 2. The SMILES string of the molecule is COCC(COC(=O)CCCCCCCCCCCC(C)C)OC. The maximum absolute atomic E-state index is 11.6. The second-order valence-electron chi connectivity index (χ2n) is 7.11. The van der Waals surface area contributed by atoms with Gasteiger partial charge in [0.1, 0.15) is 12.7 Å². The Morgan fingerprint density at radius 1 is 0.792 bits per heavy atom. The molecular formula is C20H40O4. The third kappa shape index (κ3) is 16.3. The monoisotopic (exact) mass is 344 g/mol. The van der Waals surface area contributed by atoms with E-state index < -0.39 is 0 Å². The molecule has 0 aliphatic carbocycles. The number of unbranched alkanes of at least 4 members (excludes halogenated alkanes) is 8. The Hall–Kier alpha value is -0.610. The van der Waals surface area contributed by atoms with E-state index in [2.05, 4.69) is 13.8 Å². The molecule has 0 heterocycles. The summed E-state index contributed by atoms with van der Waals surface area (Å²) in [4.78, 5) is 11.6. The van der Waals surface area contributed by atoms with Gasteiger partial charge in [0.25, 0.3) is 0 Å². The van der Waals surface area contributed by atoms with E-state index in [4.69, 9.17) is 14.2 Å². The summed E-state index contributed by atoms with van der Waals surface area (Å²) >= 11 is 0. The van der Waals surface area contributed by atoms with Crippen LogP contribution in [0.3, 0.4) is 0 Å². The summed E-state index contributed by atoms with van der Waals surface area (Å²) in [6.07, 6.45) is 13.1. The second-order valence-corrected chi connectivity index (χ2v) is 7.11. The van der Waals surface area contributed by atoms with E-state index in [1.165, 1.54) is 51.4 Å². The maximum atomic E-state index is 11.6. The third-order valence-corrected chi connectivity index (χ3v) is 4.28. The van der Waals surface area contributed by atoms with Crippen LogP contribution < -0.4 is 0 Å². The molecule has 4 nitrogen and oxygen atoms in total. The average Bonchev–Trinajstić information content (AvgIpc) is 2.56. The third-order valence-electron chi connectivity index (χ3n) is 4.28. The molecule has 0 saturated heterocycles. The topological polar surface area (TPSA) is 44.8 Å². The number of esters is 1. The fraction of sp³-hybridized carbons (Fsp3) is 0.950. The molecule has 0 rings (SSSR count). The van der Waals surface area contributed by atoms with Crippen LogP contribution in [0.25, 0.3) is 0 Å². The first-order valence-corrected chi connectivity index (χ1v) is 9.77. The number of rotatable bonds is 17. The molecule has 0 saturated carbocycles. The summed E-state index contributed by atoms with van der Waals surface area (Å²) in [5, 5.41) is 0. The van der Waals surface area contributed by atoms with Crippen LogP contribution in [0.5, 0.6) is 0 Å². The molecule has 1 unspecified atom stereocenters. The van der Waals surface area contributed by atoms with E-state index in [1.54, 1.807) is 14.2 Å². The lowest BCUT2D eigenvalue weighted by atomic mass is 10.0. The van der Waals surface area contributed by atoms with Crippen molar-refractivity contribution >= 4 is 5.97 Å². The highest BCUT2D eigenvalue weighted by atomic mass is 16.6. The predicted molar refractivity (Wildman–Crippen MR) is 99.3 cm³/mol. The van der Waals surface area contributed by atoms with Gasteiger partial charge in [0.15, 0.2) is 0 Å². The van der Waals surface area contributed by atoms with Gasteiger partial charge in [-0.3, -0.25) is 4.79 Å². The molecule has 4 heteroatoms. The van der Waals surface area contributed by atoms with Crippen LogP contribution >= 0.6 is 0 Å². The van der Waals surface area contributed by atoms with E-state index >= 15 is 0 Å². The molecule has 1 atom stereocenters. The number of carbonyl (C=O) groups is 1. The minimum atomic E-state index is -0.167. The molecule has 24 heavy (non-hydrogen) atoms. The van der Waals surface area contributed by atoms with Crippen LogP contribution in [-0.4, -0.2) is 39.5 Å². The highest BCUT2D eigenvalue weighted by molar-refractivity contribution is 5.69. The van der Waals surface area contributed by atoms with Crippen molar-refractivity contribution in [3.63, 3.8) is 0 Å². The number of carbonyl (C=O) groups excluding carboxylic acids is 1. The fourth-order valence-electron chi connectivity index (χ4n) is 2.69. The zero-order chi connectivity index (χ0) is 18.0. The molecule has 0 aromatic rings. The molecule has 144 valence electrons. The normalized spacial score (nSPS) is 12.5. The van der Waals surface area contributed by atoms with Gasteiger partial charge in [-0.15, -0.1) is 0 Å². The number of hydrogen-bond donors (Lipinski definition) is 0. The van der Waals surface area contributed by atoms with Crippen molar-refractivity contribution in [2.45, 2.75) is 90.6 Å². The fourth-order valence-corrected chi connectivity index (χ4v) is 2.69. The van der Waals surface area contributed by atoms with Gasteiger partial charge in [-0.25, -0.2) is 0 Å². The summed E-state index contributed by atoms with van der Waals surface area (Å²) in [6.45, 7) is 5.32. The van der Waals surface area contributed by atoms with Gasteiger partial charge in [-0.1, -0.05) is 71.6 Å². The Balaban J connectivity index is 3.30. The number of hydrogen-bond acceptors (Lipinski definition) is 4. The predicted octanol–water partition coefficient (Wildman–Crippen LogP) is 5.14. The van der Waals surface area contributed by atoms with Gasteiger partial charge < -0.3 is 14.2 Å². The Morgan fingerprint density at radius 2 is 1.33 bits per heavy atom. The smallest absolute Gasteiger partial charge is 0.305 e. The van der Waals surface area contributed by atoms with E-state index in [1.807, 2.05) is 0 Å². The highest BCUT2D eigenvalue weighted by Gasteiger charge is 2.10. The lowest BCUT2D eigenvalue weighted by Gasteiger charge is -2.14. The van der Waals surface area contributed by atoms with Gasteiger partial charge in [-0.2, -0.15) is 0 Å². The van der Waals surface area contributed by atoms with Crippen LogP contribution in [0, 0.1) is 5.92 Å². The highest BCUT2D eigenvalue weighted by Crippen LogP contribution is 2.13. The molecular weight excluding hydrogens is 304 g/mol. The largest absolute Gasteiger partial charge is 0.463 e. The first-order chi connectivity index (χ1) is 11.6. The van der Waals surface area contributed by atoms with Crippen molar-refractivity contribution < 1.29 is 19.0 Å². The van der Waals surface area contributed by atoms with Crippen molar-refractivity contribution in [2.24, 2.45) is 5.92 Å². The first-order valence-electron chi connectivity index (χ1n) is 9.77. The zero-order valence-electron chi connectivity index (χ0n) is 16.5. The Bertz CT molecular complexity index is 279. The van der Waals surface area contributed by atoms with E-state index in [9.17, 15) is 4.79 Å². The first kappa shape index (κ1) is 23.4. The van der Waals surface area contributed by atoms with Crippen molar-refractivity contribution in [1.82, 2.24) is 0 Å². The number of ether oxygens (including phenoxy) is 3. The van der Waals surface area contributed by atoms with Crippen molar-refractivity contribution in [1.29, 1.82) is 0 Å². The molecule has 0 bridgehead atoms. The Morgan fingerprint density at radius 3 is 1.83 bits per heavy atom. The van der Waals surface area contributed by atoms with Crippen LogP contribution in [0.1, 0.15) is 84.5 Å². The van der Waals surface area contributed by atoms with Crippen molar-refractivity contribution in [3.8, 4) is 0 Å². The molecule has 0 amide bonds. The molecule has 0 aromatic heterocycles. The van der Waals surface area contributed by atoms with Crippen molar-refractivity contribution in [3.05, 3.63) is 0 Å². The van der Waals surface area contributed by atoms with Crippen molar-refractivity contribution in [2.75, 3.05) is 27.4 Å². The van der Waals surface area contributed by atoms with Crippen LogP contribution in [0.4, 0.5) is 0 Å². The standard InChI is InChI=1S/C20H40O4/c1-18(2)14-12-10-8-6-5-7-9-11-13-15-20(21)24-17-19(23-4)16-22-3/h18-19H,5-17H2,1-4H3. The van der Waals surface area contributed by atoms with Gasteiger partial charge in [0, 0.05) is 20.6 Å². The van der Waals surface area contributed by atoms with E-state index in [-0.39, 0.29) is 18.7 Å². The molecule has 0 aliphatic heterocycles. The zero-order valence-corrected chi connectivity index (χ0v) is 16.5. The van der Waals surface area contributed by atoms with Gasteiger partial charge in [-0.05, 0) is 12.3 Å². The Kier molecular flexibility index (Phi) is 16.8. The van der Waals surface area contributed by atoms with Crippen LogP contribution in [-0.2, 0) is 19.0 Å². The quantitative estimate of drug-likeness (QED) is 0.271. The average molecular weight is 345 g/mol. The summed E-state index contributed by atoms with van der Waals surface area (Å²) in [6, 6.07) is 0. The molecule has 0 aliphatic rings. The summed E-state index contributed by atoms with van der Waals surface area (Å²) in [5.74, 6) is 0.718. The maximum Gasteiger partial charge on any atom is 0.305 e. The molecule has 0 radical (unpaired) electrons. The van der Waals surface area contributed by atoms with Gasteiger partial charge in [0.2, 0.25) is 0 Å². The molecule has 0 N–H and O–H groups in total. The molecule has 0 fully saturated rings. The Labute approximate surface area is 149 Å². The van der Waals surface area contributed by atoms with Crippen LogP contribution in [0.2, 0.25) is 0 Å². The lowest BCUT2D eigenvalue weighted by molar-refractivity contribution is -0.148. The summed E-state index contributed by atoms with van der Waals surface area (Å²) in [5.41, 5.74) is 0. The summed E-state index contributed by atoms with van der Waals surface area (Å²) < 4.78 is 15.3. The van der Waals surface area contributed by atoms with Gasteiger partial charge in [0.05, 0.1) is 6.61 Å². The van der Waals surface area contributed by atoms with E-state index in [0.717, 1.165) is 18.8 Å². The lowest BCUT2D eigenvalue weighted by Crippen LogP contribution is -2.25. The van der Waals surface area contributed by atoms with Crippen LogP contribution in [0.15, 0.2) is 0 Å². The van der Waals surface area contributed by atoms with E-state index in [0.29, 0.717) is 13.0 Å². The second kappa shape index (κ2) is 17.2. The van der Waals surface area contributed by atoms with Gasteiger partial charge >= 0.3 is 5.97 Å². The molecule has 0 aromatic carbocycles. The minimum absolute atomic E-state index is 0.127. The molecule has 0 spiro atoms.